The summed E-state index contributed by atoms with van der Waals surface area (Å²) < 4.78 is 64.1. The van der Waals surface area contributed by atoms with Gasteiger partial charge in [-0.2, -0.15) is 0 Å². The third kappa shape index (κ3) is 5.53. The summed E-state index contributed by atoms with van der Waals surface area (Å²) >= 11 is 0. The van der Waals surface area contributed by atoms with Crippen LogP contribution in [0.15, 0.2) is 102 Å². The Morgan fingerprint density at radius 2 is 1.73 bits per heavy atom. The van der Waals surface area contributed by atoms with Crippen LogP contribution in [-0.2, 0) is 16.4 Å². The number of anilines is 2. The molecule has 0 radical (unpaired) electrons. The lowest BCUT2D eigenvalue weighted by molar-refractivity contribution is 0.0980. The molecule has 226 valence electrons. The monoisotopic (exact) mass is 616 g/mol. The Hall–Kier alpha value is -4.70. The van der Waals surface area contributed by atoms with Gasteiger partial charge in [0.2, 0.25) is 0 Å². The molecule has 0 aromatic heterocycles. The zero-order chi connectivity index (χ0) is 31.2. The molecular weight excluding hydrogens is 586 g/mol. The summed E-state index contributed by atoms with van der Waals surface area (Å²) in [4.78, 5) is 15.3. The van der Waals surface area contributed by atoms with Gasteiger partial charge in [0.25, 0.3) is 5.91 Å². The van der Waals surface area contributed by atoms with E-state index in [0.717, 1.165) is 22.6 Å². The molecule has 4 aromatic carbocycles. The maximum atomic E-state index is 16.2. The lowest BCUT2D eigenvalue weighted by Crippen LogP contribution is -2.41. The van der Waals surface area contributed by atoms with Gasteiger partial charge in [-0.1, -0.05) is 50.2 Å². The molecule has 2 heterocycles. The van der Waals surface area contributed by atoms with Crippen LogP contribution in [0, 0.1) is 17.0 Å². The second-order valence-corrected chi connectivity index (χ2v) is 13.7. The molecule has 2 aliphatic heterocycles. The van der Waals surface area contributed by atoms with Crippen molar-refractivity contribution < 1.29 is 31.8 Å². The largest absolute Gasteiger partial charge is 0.506 e. The molecule has 0 saturated heterocycles. The second-order valence-electron chi connectivity index (χ2n) is 11.8. The van der Waals surface area contributed by atoms with Crippen LogP contribution >= 0.6 is 0 Å². The Balaban J connectivity index is 1.56. The summed E-state index contributed by atoms with van der Waals surface area (Å²) in [5, 5.41) is 14.0. The number of hydrogen-bond donors (Lipinski definition) is 2. The van der Waals surface area contributed by atoms with Crippen LogP contribution in [0.5, 0.6) is 11.5 Å². The Morgan fingerprint density at radius 1 is 1.00 bits per heavy atom. The van der Waals surface area contributed by atoms with E-state index in [1.165, 1.54) is 42.5 Å². The van der Waals surface area contributed by atoms with E-state index in [2.05, 4.69) is 5.32 Å². The molecule has 0 bridgehead atoms. The number of rotatable bonds is 5. The Morgan fingerprint density at radius 3 is 2.43 bits per heavy atom. The SMILES string of the molecule is CC1(C)CC2=C(C(c3ccc(OCc4ccccc4)cc3F)N(C(=O)c3ccc(F)cc3)c3cccc(O)c3N2)S(=O)(=O)C1. The first-order valence-electron chi connectivity index (χ1n) is 14.0. The van der Waals surface area contributed by atoms with E-state index in [0.29, 0.717) is 0 Å². The molecule has 6 rings (SSSR count). The quantitative estimate of drug-likeness (QED) is 0.232. The van der Waals surface area contributed by atoms with Gasteiger partial charge in [0.1, 0.15) is 41.5 Å². The number of hydrogen-bond acceptors (Lipinski definition) is 6. The highest BCUT2D eigenvalue weighted by atomic mass is 32.2. The molecule has 1 unspecified atom stereocenters. The number of phenolic OH excluding ortho intramolecular Hbond substituents is 1. The number of para-hydroxylation sites is 1. The van der Waals surface area contributed by atoms with Gasteiger partial charge in [-0.15, -0.1) is 0 Å². The fourth-order valence-corrected chi connectivity index (χ4v) is 8.26. The summed E-state index contributed by atoms with van der Waals surface area (Å²) in [6, 6.07) is 21.3. The number of carbonyl (C=O) groups excluding carboxylic acids is 1. The first kappa shape index (κ1) is 29.4. The van der Waals surface area contributed by atoms with E-state index in [1.54, 1.807) is 6.07 Å². The number of fused-ring (bicyclic) bond motifs is 1. The number of phenols is 1. The van der Waals surface area contributed by atoms with Crippen LogP contribution in [0.2, 0.25) is 0 Å². The number of aromatic hydroxyl groups is 1. The number of amides is 1. The van der Waals surface area contributed by atoms with Crippen LogP contribution in [0.1, 0.15) is 47.8 Å². The van der Waals surface area contributed by atoms with E-state index in [-0.39, 0.29) is 63.4 Å². The van der Waals surface area contributed by atoms with Crippen LogP contribution in [0.4, 0.5) is 20.2 Å². The van der Waals surface area contributed by atoms with E-state index < -0.39 is 38.8 Å². The average molecular weight is 617 g/mol. The van der Waals surface area contributed by atoms with Gasteiger partial charge in [-0.3, -0.25) is 9.69 Å². The normalized spacial score (nSPS) is 18.5. The predicted octanol–water partition coefficient (Wildman–Crippen LogP) is 7.12. The third-order valence-corrected chi connectivity index (χ3v) is 10.1. The number of halogens is 2. The molecular formula is C34H30F2N2O5S. The minimum atomic E-state index is -4.09. The molecule has 44 heavy (non-hydrogen) atoms. The van der Waals surface area contributed by atoms with E-state index in [9.17, 15) is 22.7 Å². The number of nitrogens with zero attached hydrogens (tertiary/aromatic N) is 1. The number of allylic oxidation sites excluding steroid dienone is 1. The van der Waals surface area contributed by atoms with Gasteiger partial charge in [-0.05, 0) is 65.9 Å². The fourth-order valence-electron chi connectivity index (χ4n) is 5.90. The highest BCUT2D eigenvalue weighted by Crippen LogP contribution is 2.52. The molecule has 4 aromatic rings. The maximum Gasteiger partial charge on any atom is 0.259 e. The first-order chi connectivity index (χ1) is 20.9. The van der Waals surface area contributed by atoms with Crippen molar-refractivity contribution in [2.24, 2.45) is 5.41 Å². The standard InChI is InChI=1S/C34H30F2N2O5S/c1-34(2)18-27-32(44(41,42)20-34)31(25-16-15-24(17-26(25)36)43-19-21-7-4-3-5-8-21)38(28-9-6-10-29(39)30(28)37-27)33(40)22-11-13-23(35)14-12-22/h3-17,31,37,39H,18-20H2,1-2H3. The number of carbonyl (C=O) groups is 1. The van der Waals surface area contributed by atoms with Gasteiger partial charge in [-0.25, -0.2) is 17.2 Å². The van der Waals surface area contributed by atoms with Crippen molar-refractivity contribution in [1.82, 2.24) is 0 Å². The highest BCUT2D eigenvalue weighted by molar-refractivity contribution is 7.95. The van der Waals surface area contributed by atoms with Gasteiger partial charge in [0, 0.05) is 22.9 Å². The van der Waals surface area contributed by atoms with E-state index in [4.69, 9.17) is 4.74 Å². The van der Waals surface area contributed by atoms with Gasteiger partial charge in [0.05, 0.1) is 16.3 Å². The van der Waals surface area contributed by atoms with Crippen molar-refractivity contribution in [3.63, 3.8) is 0 Å². The summed E-state index contributed by atoms with van der Waals surface area (Å²) in [6.07, 6.45) is 0.254. The number of ether oxygens (including phenoxy) is 1. The van der Waals surface area contributed by atoms with Crippen LogP contribution < -0.4 is 15.0 Å². The molecule has 0 saturated carbocycles. The highest BCUT2D eigenvalue weighted by Gasteiger charge is 2.48. The van der Waals surface area contributed by atoms with Crippen LogP contribution in [0.3, 0.4) is 0 Å². The lowest BCUT2D eigenvalue weighted by atomic mass is 9.88. The van der Waals surface area contributed by atoms with Crippen molar-refractivity contribution >= 4 is 27.1 Å². The molecule has 10 heteroatoms. The van der Waals surface area contributed by atoms with Crippen LogP contribution in [-0.4, -0.2) is 25.2 Å². The molecule has 0 spiro atoms. The summed E-state index contributed by atoms with van der Waals surface area (Å²) in [7, 11) is -4.09. The predicted molar refractivity (Wildman–Crippen MR) is 164 cm³/mol. The summed E-state index contributed by atoms with van der Waals surface area (Å²) in [6.45, 7) is 3.80. The topological polar surface area (TPSA) is 95.9 Å². The van der Waals surface area contributed by atoms with Crippen molar-refractivity contribution in [2.45, 2.75) is 32.9 Å². The zero-order valence-electron chi connectivity index (χ0n) is 24.1. The van der Waals surface area contributed by atoms with Crippen molar-refractivity contribution in [1.29, 1.82) is 0 Å². The van der Waals surface area contributed by atoms with Crippen molar-refractivity contribution in [3.8, 4) is 11.5 Å². The molecule has 1 atom stereocenters. The van der Waals surface area contributed by atoms with E-state index in [1.807, 2.05) is 44.2 Å². The Kier molecular flexibility index (Phi) is 7.41. The second kappa shape index (κ2) is 11.1. The fraction of sp³-hybridized carbons (Fsp3) is 0.206. The third-order valence-electron chi connectivity index (χ3n) is 7.76. The number of benzene rings is 4. The summed E-state index contributed by atoms with van der Waals surface area (Å²) in [5.74, 6) is -2.30. The smallest absolute Gasteiger partial charge is 0.259 e. The van der Waals surface area contributed by atoms with Gasteiger partial charge >= 0.3 is 0 Å². The molecule has 2 N–H and O–H groups in total. The summed E-state index contributed by atoms with van der Waals surface area (Å²) in [5.41, 5.74) is 0.651. The number of sulfone groups is 1. The zero-order valence-corrected chi connectivity index (χ0v) is 24.9. The van der Waals surface area contributed by atoms with E-state index >= 15 is 4.39 Å². The Labute approximate surface area is 254 Å². The molecule has 0 fully saturated rings. The minimum absolute atomic E-state index is 0.0477. The Bertz CT molecular complexity index is 1890. The van der Waals surface area contributed by atoms with Crippen molar-refractivity contribution in [3.05, 3.63) is 130 Å². The van der Waals surface area contributed by atoms with Crippen molar-refractivity contribution in [2.75, 3.05) is 16.0 Å². The first-order valence-corrected chi connectivity index (χ1v) is 15.7. The van der Waals surface area contributed by atoms with Gasteiger partial charge < -0.3 is 15.2 Å². The molecule has 0 aliphatic carbocycles. The minimum Gasteiger partial charge on any atom is -0.506 e. The van der Waals surface area contributed by atoms with Crippen LogP contribution in [0.25, 0.3) is 0 Å². The maximum absolute atomic E-state index is 16.2. The molecule has 1 amide bonds. The average Bonchev–Trinajstić information content (AvgIpc) is 3.11. The van der Waals surface area contributed by atoms with Gasteiger partial charge in [0.15, 0.2) is 9.84 Å². The number of nitrogens with one attached hydrogen (secondary N) is 1. The molecule has 7 nitrogen and oxygen atoms in total. The molecule has 2 aliphatic rings. The lowest BCUT2D eigenvalue weighted by Gasteiger charge is -2.37.